The van der Waals surface area contributed by atoms with Crippen molar-refractivity contribution in [2.24, 2.45) is 5.41 Å². The molecule has 12 heteroatoms. The Hall–Kier alpha value is -4.03. The molecule has 10 nitrogen and oxygen atoms in total. The Morgan fingerprint density at radius 2 is 1.78 bits per heavy atom. The van der Waals surface area contributed by atoms with Crippen LogP contribution in [-0.2, 0) is 16.6 Å². The molecule has 3 heterocycles. The number of hydrogen-bond acceptors (Lipinski definition) is 8. The Morgan fingerprint density at radius 1 is 1.07 bits per heavy atom. The summed E-state index contributed by atoms with van der Waals surface area (Å²) in [7, 11) is -2.63. The van der Waals surface area contributed by atoms with Gasteiger partial charge in [-0.05, 0) is 77.0 Å². The summed E-state index contributed by atoms with van der Waals surface area (Å²) in [5.74, 6) is 0.186. The van der Waals surface area contributed by atoms with Crippen LogP contribution in [0.25, 0.3) is 11.3 Å². The second-order valence-electron chi connectivity index (χ2n) is 12.3. The van der Waals surface area contributed by atoms with Gasteiger partial charge < -0.3 is 14.4 Å². The second kappa shape index (κ2) is 12.8. The molecule has 0 radical (unpaired) electrons. The molecule has 1 aliphatic heterocycles. The summed E-state index contributed by atoms with van der Waals surface area (Å²) < 4.78 is 42.4. The van der Waals surface area contributed by atoms with Crippen molar-refractivity contribution >= 4 is 37.8 Å². The highest BCUT2D eigenvalue weighted by atomic mass is 79.9. The SMILES string of the molecule is COc1cc(Br)cnc1CN1C(=O)c2cccc(c2)S(=O)(=O)Nc2nc(cc(-c3c(C)cccc3C)n2)OC[C@H]1CC(C)(C)C. The van der Waals surface area contributed by atoms with E-state index < -0.39 is 16.1 Å². The summed E-state index contributed by atoms with van der Waals surface area (Å²) in [5.41, 5.74) is 3.86. The molecule has 0 spiro atoms. The normalized spacial score (nSPS) is 16.5. The molecule has 5 rings (SSSR count). The number of nitrogens with one attached hydrogen (secondary N) is 1. The van der Waals surface area contributed by atoms with Gasteiger partial charge in [-0.25, -0.2) is 18.1 Å². The molecule has 2 aromatic heterocycles. The molecule has 1 N–H and O–H groups in total. The first-order valence-electron chi connectivity index (χ1n) is 14.4. The maximum Gasteiger partial charge on any atom is 0.264 e. The number of carbonyl (C=O) groups excluding carboxylic acids is 1. The molecule has 2 aromatic carbocycles. The van der Waals surface area contributed by atoms with Crippen LogP contribution in [0.15, 0.2) is 70.2 Å². The lowest BCUT2D eigenvalue weighted by Crippen LogP contribution is -2.45. The number of aromatic nitrogens is 3. The number of aryl methyl sites for hydroxylation is 2. The number of methoxy groups -OCH3 is 1. The molecule has 45 heavy (non-hydrogen) atoms. The molecule has 0 unspecified atom stereocenters. The largest absolute Gasteiger partial charge is 0.495 e. The number of nitrogens with zero attached hydrogens (tertiary/aromatic N) is 4. The van der Waals surface area contributed by atoms with Crippen LogP contribution in [0.2, 0.25) is 0 Å². The topological polar surface area (TPSA) is 124 Å². The maximum absolute atomic E-state index is 14.3. The van der Waals surface area contributed by atoms with Gasteiger partial charge in [-0.3, -0.25) is 9.78 Å². The van der Waals surface area contributed by atoms with Gasteiger partial charge >= 0.3 is 0 Å². The van der Waals surface area contributed by atoms with E-state index in [0.717, 1.165) is 21.2 Å². The van der Waals surface area contributed by atoms with Crippen LogP contribution in [0.3, 0.4) is 0 Å². The summed E-state index contributed by atoms with van der Waals surface area (Å²) in [6.45, 7) is 10.4. The van der Waals surface area contributed by atoms with Gasteiger partial charge in [0.05, 0.1) is 30.3 Å². The van der Waals surface area contributed by atoms with Crippen molar-refractivity contribution in [1.29, 1.82) is 0 Å². The number of ether oxygens (including phenoxy) is 2. The number of sulfonamides is 1. The Balaban J connectivity index is 1.69. The predicted octanol–water partition coefficient (Wildman–Crippen LogP) is 6.57. The molecule has 0 fully saturated rings. The van der Waals surface area contributed by atoms with Crippen molar-refractivity contribution in [3.05, 3.63) is 87.7 Å². The minimum atomic E-state index is -4.17. The van der Waals surface area contributed by atoms with Crippen molar-refractivity contribution in [2.75, 3.05) is 18.4 Å². The first kappa shape index (κ1) is 32.4. The van der Waals surface area contributed by atoms with Gasteiger partial charge in [-0.15, -0.1) is 0 Å². The third-order valence-corrected chi connectivity index (χ3v) is 9.23. The van der Waals surface area contributed by atoms with E-state index in [1.54, 1.807) is 42.5 Å². The maximum atomic E-state index is 14.3. The Labute approximate surface area is 272 Å². The number of benzene rings is 2. The Bertz CT molecular complexity index is 1840. The Kier molecular flexibility index (Phi) is 9.18. The first-order valence-corrected chi connectivity index (χ1v) is 16.7. The monoisotopic (exact) mass is 693 g/mol. The lowest BCUT2D eigenvalue weighted by Gasteiger charge is -2.35. The summed E-state index contributed by atoms with van der Waals surface area (Å²) >= 11 is 3.43. The van der Waals surface area contributed by atoms with Gasteiger partial charge in [0.15, 0.2) is 0 Å². The van der Waals surface area contributed by atoms with Gasteiger partial charge in [0.2, 0.25) is 11.8 Å². The van der Waals surface area contributed by atoms with Gasteiger partial charge in [0.25, 0.3) is 15.9 Å². The van der Waals surface area contributed by atoms with Crippen molar-refractivity contribution < 1.29 is 22.7 Å². The van der Waals surface area contributed by atoms with Gasteiger partial charge in [0, 0.05) is 27.9 Å². The fourth-order valence-electron chi connectivity index (χ4n) is 5.45. The van der Waals surface area contributed by atoms with Crippen LogP contribution in [0.1, 0.15) is 54.4 Å². The summed E-state index contributed by atoms with van der Waals surface area (Å²) in [5, 5.41) is 0. The highest BCUT2D eigenvalue weighted by molar-refractivity contribution is 9.10. The highest BCUT2D eigenvalue weighted by Crippen LogP contribution is 2.32. The molecule has 0 saturated heterocycles. The minimum Gasteiger partial charge on any atom is -0.495 e. The molecular formula is C33H36BrN5O5S. The van der Waals surface area contributed by atoms with Gasteiger partial charge in [-0.1, -0.05) is 45.0 Å². The van der Waals surface area contributed by atoms with E-state index in [2.05, 4.69) is 56.4 Å². The fourth-order valence-corrected chi connectivity index (χ4v) is 6.75. The smallest absolute Gasteiger partial charge is 0.264 e. The van der Waals surface area contributed by atoms with Crippen LogP contribution in [0.5, 0.6) is 11.6 Å². The van der Waals surface area contributed by atoms with E-state index in [1.165, 1.54) is 12.1 Å². The summed E-state index contributed by atoms with van der Waals surface area (Å²) in [4.78, 5) is 29.5. The van der Waals surface area contributed by atoms with Crippen molar-refractivity contribution in [3.8, 4) is 22.9 Å². The first-order chi connectivity index (χ1) is 21.2. The second-order valence-corrected chi connectivity index (χ2v) is 14.9. The zero-order chi connectivity index (χ0) is 32.5. The molecule has 1 amide bonds. The number of amides is 1. The minimum absolute atomic E-state index is 0.0803. The van der Waals surface area contributed by atoms with E-state index in [0.29, 0.717) is 23.6 Å². The molecule has 4 aromatic rings. The van der Waals surface area contributed by atoms with Crippen molar-refractivity contribution in [1.82, 2.24) is 19.9 Å². The zero-order valence-electron chi connectivity index (χ0n) is 26.1. The van der Waals surface area contributed by atoms with Crippen molar-refractivity contribution in [3.63, 3.8) is 0 Å². The van der Waals surface area contributed by atoms with Crippen LogP contribution in [0, 0.1) is 19.3 Å². The molecule has 1 aliphatic rings. The molecule has 0 saturated carbocycles. The summed E-state index contributed by atoms with van der Waals surface area (Å²) in [6, 6.07) is 14.9. The molecule has 236 valence electrons. The van der Waals surface area contributed by atoms with E-state index in [9.17, 15) is 13.2 Å². The highest BCUT2D eigenvalue weighted by Gasteiger charge is 2.32. The average molecular weight is 695 g/mol. The third-order valence-electron chi connectivity index (χ3n) is 7.47. The third kappa shape index (κ3) is 7.45. The summed E-state index contributed by atoms with van der Waals surface area (Å²) in [6.07, 6.45) is 2.21. The standard InChI is InChI=1S/C33H36BrN5O5S/c1-20-9-7-10-21(2)30(20)26-15-29-37-32(36-26)38-45(41,42)25-12-8-11-22(13-25)31(40)39(24(19-44-29)16-33(3,4)5)18-27-28(43-6)14-23(34)17-35-27/h7-15,17,24H,16,18-19H2,1-6H3,(H,36,37,38)/t24-/m1/s1. The fraction of sp³-hybridized carbons (Fsp3) is 0.333. The van der Waals surface area contributed by atoms with Crippen LogP contribution < -0.4 is 14.2 Å². The van der Waals surface area contributed by atoms with Crippen molar-refractivity contribution in [2.45, 2.75) is 58.5 Å². The Morgan fingerprint density at radius 3 is 2.47 bits per heavy atom. The van der Waals surface area contributed by atoms with Crippen LogP contribution in [-0.4, -0.2) is 53.9 Å². The van der Waals surface area contributed by atoms with E-state index >= 15 is 0 Å². The quantitative estimate of drug-likeness (QED) is 0.249. The zero-order valence-corrected chi connectivity index (χ0v) is 28.5. The lowest BCUT2D eigenvalue weighted by atomic mass is 9.87. The number of anilines is 1. The molecule has 1 atom stereocenters. The molecule has 0 aliphatic carbocycles. The number of rotatable bonds is 5. The van der Waals surface area contributed by atoms with Gasteiger partial charge in [-0.2, -0.15) is 4.98 Å². The lowest BCUT2D eigenvalue weighted by molar-refractivity contribution is 0.0507. The average Bonchev–Trinajstić information content (AvgIpc) is 2.97. The van der Waals surface area contributed by atoms with Crippen LogP contribution in [0.4, 0.5) is 5.95 Å². The molecule has 4 bridgehead atoms. The number of hydrogen-bond donors (Lipinski definition) is 1. The van der Waals surface area contributed by atoms with E-state index in [1.807, 2.05) is 32.0 Å². The van der Waals surface area contributed by atoms with E-state index in [4.69, 9.17) is 9.47 Å². The van der Waals surface area contributed by atoms with Gasteiger partial charge in [0.1, 0.15) is 18.1 Å². The number of carbonyl (C=O) groups is 1. The number of pyridine rings is 1. The van der Waals surface area contributed by atoms with Crippen LogP contribution >= 0.6 is 15.9 Å². The number of fused-ring (bicyclic) bond motifs is 4. The molecular weight excluding hydrogens is 658 g/mol. The predicted molar refractivity (Wildman–Crippen MR) is 176 cm³/mol. The number of halogens is 1. The van der Waals surface area contributed by atoms with E-state index in [-0.39, 0.29) is 46.8 Å².